The topological polar surface area (TPSA) is 102 Å². The van der Waals surface area contributed by atoms with Crippen molar-refractivity contribution in [2.24, 2.45) is 0 Å². The van der Waals surface area contributed by atoms with Crippen molar-refractivity contribution in [3.05, 3.63) is 97.4 Å². The monoisotopic (exact) mass is 658 g/mol. The van der Waals surface area contributed by atoms with Crippen LogP contribution in [0.1, 0.15) is 11.1 Å². The molecule has 0 aliphatic carbocycles. The molecule has 4 rings (SSSR count). The van der Waals surface area contributed by atoms with Crippen LogP contribution in [0.3, 0.4) is 0 Å². The van der Waals surface area contributed by atoms with Crippen LogP contribution in [0.25, 0.3) is 12.2 Å². The molecule has 8 nitrogen and oxygen atoms in total. The second-order valence-corrected chi connectivity index (χ2v) is 9.98. The number of carbonyl (C=O) groups is 4. The largest absolute Gasteiger partial charge is 0.497 e. The van der Waals surface area contributed by atoms with Crippen molar-refractivity contribution in [2.45, 2.75) is 0 Å². The van der Waals surface area contributed by atoms with Gasteiger partial charge in [-0.1, -0.05) is 45.7 Å². The molecule has 3 aromatic carbocycles. The van der Waals surface area contributed by atoms with Crippen LogP contribution in [-0.2, 0) is 14.4 Å². The molecule has 38 heavy (non-hydrogen) atoms. The highest BCUT2D eigenvalue weighted by Crippen LogP contribution is 2.35. The molecule has 1 aliphatic heterocycles. The number of nitrogens with one attached hydrogen (secondary N) is 1. The van der Waals surface area contributed by atoms with E-state index in [1.807, 2.05) is 0 Å². The average molecular weight is 661 g/mol. The predicted molar refractivity (Wildman–Crippen MR) is 150 cm³/mol. The number of hydrogen-bond acceptors (Lipinski definition) is 6. The van der Waals surface area contributed by atoms with E-state index in [2.05, 4.69) is 37.2 Å². The van der Waals surface area contributed by atoms with E-state index in [4.69, 9.17) is 21.1 Å². The molecule has 1 aliphatic rings. The van der Waals surface area contributed by atoms with Crippen molar-refractivity contribution in [2.75, 3.05) is 12.0 Å². The molecule has 0 spiro atoms. The Morgan fingerprint density at radius 2 is 1.76 bits per heavy atom. The number of methoxy groups -OCH3 is 1. The molecule has 4 amide bonds. The Morgan fingerprint density at radius 1 is 1.03 bits per heavy atom. The Labute approximate surface area is 239 Å². The minimum absolute atomic E-state index is 0.0666. The quantitative estimate of drug-likeness (QED) is 0.147. The van der Waals surface area contributed by atoms with Gasteiger partial charge in [-0.15, -0.1) is 0 Å². The third-order valence-corrected chi connectivity index (χ3v) is 6.53. The number of halogens is 3. The molecule has 0 unspecified atom stereocenters. The number of esters is 1. The predicted octanol–water partition coefficient (Wildman–Crippen LogP) is 6.16. The van der Waals surface area contributed by atoms with Crippen LogP contribution >= 0.6 is 43.5 Å². The maximum absolute atomic E-state index is 13.3. The van der Waals surface area contributed by atoms with Gasteiger partial charge < -0.3 is 9.47 Å². The molecule has 11 heteroatoms. The number of urea groups is 1. The molecule has 0 atom stereocenters. The summed E-state index contributed by atoms with van der Waals surface area (Å²) in [5.74, 6) is -1.97. The lowest BCUT2D eigenvalue weighted by molar-refractivity contribution is -0.129. The van der Waals surface area contributed by atoms with E-state index in [9.17, 15) is 19.2 Å². The molecule has 192 valence electrons. The third kappa shape index (κ3) is 6.21. The van der Waals surface area contributed by atoms with E-state index in [0.29, 0.717) is 19.7 Å². The molecule has 1 fully saturated rings. The lowest BCUT2D eigenvalue weighted by Crippen LogP contribution is -2.54. The second kappa shape index (κ2) is 11.8. The Hall–Kier alpha value is -3.73. The van der Waals surface area contributed by atoms with E-state index in [1.54, 1.807) is 54.6 Å². The molecule has 3 aromatic rings. The van der Waals surface area contributed by atoms with Crippen molar-refractivity contribution in [3.8, 4) is 11.5 Å². The number of amides is 4. The summed E-state index contributed by atoms with van der Waals surface area (Å²) in [6, 6.07) is 15.4. The average Bonchev–Trinajstić information content (AvgIpc) is 2.88. The van der Waals surface area contributed by atoms with E-state index < -0.39 is 23.8 Å². The van der Waals surface area contributed by atoms with Crippen LogP contribution < -0.4 is 19.7 Å². The highest BCUT2D eigenvalue weighted by Gasteiger charge is 2.37. The Morgan fingerprint density at radius 3 is 2.47 bits per heavy atom. The van der Waals surface area contributed by atoms with Crippen molar-refractivity contribution in [3.63, 3.8) is 0 Å². The molecular weight excluding hydrogens is 644 g/mol. The number of barbiturate groups is 1. The first-order valence-corrected chi connectivity index (χ1v) is 12.8. The van der Waals surface area contributed by atoms with Crippen LogP contribution in [0, 0.1) is 0 Å². The van der Waals surface area contributed by atoms with Crippen LogP contribution in [0.2, 0.25) is 5.02 Å². The number of ether oxygens (including phenoxy) is 2. The van der Waals surface area contributed by atoms with Crippen LogP contribution in [0.15, 0.2) is 81.3 Å². The molecule has 0 bridgehead atoms. The van der Waals surface area contributed by atoms with E-state index >= 15 is 0 Å². The van der Waals surface area contributed by atoms with Crippen molar-refractivity contribution >= 4 is 85.1 Å². The number of hydrogen-bond donors (Lipinski definition) is 1. The molecule has 0 aromatic heterocycles. The van der Waals surface area contributed by atoms with Gasteiger partial charge in [-0.25, -0.2) is 14.5 Å². The highest BCUT2D eigenvalue weighted by molar-refractivity contribution is 9.11. The summed E-state index contributed by atoms with van der Waals surface area (Å²) in [7, 11) is 1.45. The van der Waals surface area contributed by atoms with E-state index in [-0.39, 0.29) is 22.6 Å². The van der Waals surface area contributed by atoms with Crippen LogP contribution in [0.5, 0.6) is 11.5 Å². The first-order chi connectivity index (χ1) is 18.2. The molecular formula is C27H17Br2ClN2O6. The van der Waals surface area contributed by atoms with Gasteiger partial charge in [0.25, 0.3) is 11.8 Å². The fourth-order valence-corrected chi connectivity index (χ4v) is 4.93. The highest BCUT2D eigenvalue weighted by atomic mass is 79.9. The number of carbonyl (C=O) groups excluding carboxylic acids is 4. The van der Waals surface area contributed by atoms with Crippen LogP contribution in [-0.4, -0.2) is 30.9 Å². The summed E-state index contributed by atoms with van der Waals surface area (Å²) < 4.78 is 11.7. The molecule has 0 radical (unpaired) electrons. The Balaban J connectivity index is 1.68. The fourth-order valence-electron chi connectivity index (χ4n) is 3.46. The second-order valence-electron chi connectivity index (χ2n) is 7.77. The summed E-state index contributed by atoms with van der Waals surface area (Å²) in [6.07, 6.45) is 4.04. The zero-order valence-corrected chi connectivity index (χ0v) is 23.5. The summed E-state index contributed by atoms with van der Waals surface area (Å²) in [6.45, 7) is 0. The SMILES string of the molecule is COc1cccc(N2C(=O)NC(=O)/C(=C/c3cc(Br)cc(Br)c3OC(=O)/C=C/c3ccc(Cl)cc3)C2=O)c1. The standard InChI is InChI=1S/C27H17Br2ClN2O6/c1-37-20-4-2-3-19(14-20)32-26(35)21(25(34)31-27(32)36)12-16-11-17(28)13-22(29)24(16)38-23(33)10-7-15-5-8-18(30)9-6-15/h2-14H,1H3,(H,31,34,36)/b10-7+,21-12-. The maximum Gasteiger partial charge on any atom is 0.336 e. The third-order valence-electron chi connectivity index (χ3n) is 5.23. The summed E-state index contributed by atoms with van der Waals surface area (Å²) >= 11 is 12.6. The zero-order chi connectivity index (χ0) is 27.4. The van der Waals surface area contributed by atoms with Gasteiger partial charge in [0.15, 0.2) is 5.75 Å². The molecule has 0 saturated carbocycles. The Kier molecular flexibility index (Phi) is 8.45. The first-order valence-electron chi connectivity index (χ1n) is 10.9. The summed E-state index contributed by atoms with van der Waals surface area (Å²) in [5.41, 5.74) is 0.833. The van der Waals surface area contributed by atoms with Gasteiger partial charge in [0.1, 0.15) is 11.3 Å². The zero-order valence-electron chi connectivity index (χ0n) is 19.5. The van der Waals surface area contributed by atoms with Gasteiger partial charge in [-0.3, -0.25) is 14.9 Å². The van der Waals surface area contributed by atoms with E-state index in [1.165, 1.54) is 31.4 Å². The van der Waals surface area contributed by atoms with Crippen molar-refractivity contribution in [1.29, 1.82) is 0 Å². The molecule has 1 N–H and O–H groups in total. The number of imide groups is 2. The first kappa shape index (κ1) is 27.3. The van der Waals surface area contributed by atoms with Gasteiger partial charge >= 0.3 is 12.0 Å². The smallest absolute Gasteiger partial charge is 0.336 e. The fraction of sp³-hybridized carbons (Fsp3) is 0.0370. The summed E-state index contributed by atoms with van der Waals surface area (Å²) in [4.78, 5) is 52.0. The van der Waals surface area contributed by atoms with Gasteiger partial charge in [0.05, 0.1) is 17.3 Å². The lowest BCUT2D eigenvalue weighted by Gasteiger charge is -2.26. The summed E-state index contributed by atoms with van der Waals surface area (Å²) in [5, 5.41) is 2.73. The van der Waals surface area contributed by atoms with Gasteiger partial charge in [-0.2, -0.15) is 0 Å². The molecule has 1 saturated heterocycles. The van der Waals surface area contributed by atoms with Gasteiger partial charge in [0, 0.05) is 27.2 Å². The van der Waals surface area contributed by atoms with Crippen LogP contribution in [0.4, 0.5) is 10.5 Å². The normalized spacial score (nSPS) is 14.7. The van der Waals surface area contributed by atoms with Gasteiger partial charge in [-0.05, 0) is 70.0 Å². The van der Waals surface area contributed by atoms with E-state index in [0.717, 1.165) is 10.5 Å². The minimum atomic E-state index is -0.903. The Bertz CT molecular complexity index is 1520. The number of rotatable bonds is 6. The van der Waals surface area contributed by atoms with Crippen molar-refractivity contribution in [1.82, 2.24) is 5.32 Å². The number of anilines is 1. The minimum Gasteiger partial charge on any atom is -0.497 e. The lowest BCUT2D eigenvalue weighted by atomic mass is 10.1. The molecule has 1 heterocycles. The van der Waals surface area contributed by atoms with Gasteiger partial charge in [0.2, 0.25) is 0 Å². The van der Waals surface area contributed by atoms with Crippen molar-refractivity contribution < 1.29 is 28.7 Å². The number of benzene rings is 3. The maximum atomic E-state index is 13.3. The number of nitrogens with zero attached hydrogens (tertiary/aromatic N) is 1.